The standard InChI is InChI=1S/C20H33N/c1-6-15-8-7-9-17(14-15)19(21-5)16-10-12-18(13-11-16)20(2,3)4/h10-13,15,17,19,21H,6-9,14H2,1-5H3. The van der Waals surface area contributed by atoms with Gasteiger partial charge in [0, 0.05) is 6.04 Å². The minimum atomic E-state index is 0.242. The molecule has 1 fully saturated rings. The maximum Gasteiger partial charge on any atom is 0.0346 e. The number of hydrogen-bond donors (Lipinski definition) is 1. The maximum absolute atomic E-state index is 3.59. The molecular formula is C20H33N. The van der Waals surface area contributed by atoms with E-state index in [1.807, 2.05) is 0 Å². The molecule has 3 unspecified atom stereocenters. The van der Waals surface area contributed by atoms with E-state index in [0.29, 0.717) is 6.04 Å². The van der Waals surface area contributed by atoms with Crippen molar-refractivity contribution in [2.75, 3.05) is 7.05 Å². The second kappa shape index (κ2) is 6.96. The van der Waals surface area contributed by atoms with Gasteiger partial charge in [0.15, 0.2) is 0 Å². The zero-order valence-corrected chi connectivity index (χ0v) is 14.6. The monoisotopic (exact) mass is 287 g/mol. The van der Waals surface area contributed by atoms with Gasteiger partial charge in [0.1, 0.15) is 0 Å². The van der Waals surface area contributed by atoms with Crippen LogP contribution in [0.25, 0.3) is 0 Å². The van der Waals surface area contributed by atoms with Crippen molar-refractivity contribution in [3.05, 3.63) is 35.4 Å². The summed E-state index contributed by atoms with van der Waals surface area (Å²) < 4.78 is 0. The van der Waals surface area contributed by atoms with Crippen LogP contribution in [-0.4, -0.2) is 7.05 Å². The molecule has 1 saturated carbocycles. The minimum Gasteiger partial charge on any atom is -0.313 e. The van der Waals surface area contributed by atoms with Crippen LogP contribution in [0.2, 0.25) is 0 Å². The van der Waals surface area contributed by atoms with Crippen molar-refractivity contribution < 1.29 is 0 Å². The number of nitrogens with one attached hydrogen (secondary N) is 1. The van der Waals surface area contributed by atoms with Crippen molar-refractivity contribution in [3.8, 4) is 0 Å². The molecule has 0 bridgehead atoms. The van der Waals surface area contributed by atoms with Gasteiger partial charge in [0.05, 0.1) is 0 Å². The van der Waals surface area contributed by atoms with Gasteiger partial charge < -0.3 is 5.32 Å². The molecule has 0 spiro atoms. The lowest BCUT2D eigenvalue weighted by atomic mass is 9.75. The first kappa shape index (κ1) is 16.5. The van der Waals surface area contributed by atoms with Crippen LogP contribution >= 0.6 is 0 Å². The highest BCUT2D eigenvalue weighted by atomic mass is 14.9. The molecule has 0 radical (unpaired) electrons. The smallest absolute Gasteiger partial charge is 0.0346 e. The summed E-state index contributed by atoms with van der Waals surface area (Å²) in [6.45, 7) is 9.19. The molecule has 1 nitrogen and oxygen atoms in total. The van der Waals surface area contributed by atoms with Gasteiger partial charge in [-0.15, -0.1) is 0 Å². The Balaban J connectivity index is 2.13. The van der Waals surface area contributed by atoms with Crippen LogP contribution in [0.5, 0.6) is 0 Å². The Labute approximate surface area is 131 Å². The van der Waals surface area contributed by atoms with Gasteiger partial charge in [0.2, 0.25) is 0 Å². The predicted octanol–water partition coefficient (Wildman–Crippen LogP) is 5.46. The molecule has 1 aromatic rings. The second-order valence-corrected chi connectivity index (χ2v) is 7.84. The van der Waals surface area contributed by atoms with Crippen LogP contribution in [0.15, 0.2) is 24.3 Å². The van der Waals surface area contributed by atoms with Crippen molar-refractivity contribution in [1.82, 2.24) is 5.32 Å². The Morgan fingerprint density at radius 2 is 1.81 bits per heavy atom. The molecule has 1 aromatic carbocycles. The average Bonchev–Trinajstić information content (AvgIpc) is 2.48. The lowest BCUT2D eigenvalue weighted by Crippen LogP contribution is -2.29. The highest BCUT2D eigenvalue weighted by molar-refractivity contribution is 5.29. The fourth-order valence-electron chi connectivity index (χ4n) is 3.87. The largest absolute Gasteiger partial charge is 0.313 e. The first-order valence-corrected chi connectivity index (χ1v) is 8.73. The molecule has 2 rings (SSSR count). The maximum atomic E-state index is 3.59. The molecule has 1 heteroatoms. The molecule has 0 aromatic heterocycles. The summed E-state index contributed by atoms with van der Waals surface area (Å²) in [7, 11) is 2.12. The summed E-state index contributed by atoms with van der Waals surface area (Å²) >= 11 is 0. The van der Waals surface area contributed by atoms with Crippen molar-refractivity contribution in [2.45, 2.75) is 71.3 Å². The van der Waals surface area contributed by atoms with E-state index in [4.69, 9.17) is 0 Å². The summed E-state index contributed by atoms with van der Waals surface area (Å²) in [6, 6.07) is 9.85. The molecule has 1 aliphatic carbocycles. The van der Waals surface area contributed by atoms with E-state index in [-0.39, 0.29) is 5.41 Å². The van der Waals surface area contributed by atoms with Gasteiger partial charge in [-0.1, -0.05) is 71.2 Å². The van der Waals surface area contributed by atoms with E-state index < -0.39 is 0 Å². The summed E-state index contributed by atoms with van der Waals surface area (Å²) in [5.74, 6) is 1.74. The fraction of sp³-hybridized carbons (Fsp3) is 0.700. The average molecular weight is 287 g/mol. The van der Waals surface area contributed by atoms with Gasteiger partial charge in [-0.2, -0.15) is 0 Å². The second-order valence-electron chi connectivity index (χ2n) is 7.84. The van der Waals surface area contributed by atoms with Gasteiger partial charge in [0.25, 0.3) is 0 Å². The van der Waals surface area contributed by atoms with E-state index >= 15 is 0 Å². The molecule has 1 aliphatic rings. The molecule has 0 amide bonds. The normalized spacial score (nSPS) is 24.8. The molecule has 0 aliphatic heterocycles. The van der Waals surface area contributed by atoms with Crippen LogP contribution in [0.4, 0.5) is 0 Å². The van der Waals surface area contributed by atoms with E-state index in [1.54, 1.807) is 0 Å². The highest BCUT2D eigenvalue weighted by Gasteiger charge is 2.28. The lowest BCUT2D eigenvalue weighted by molar-refractivity contribution is 0.214. The summed E-state index contributed by atoms with van der Waals surface area (Å²) in [5.41, 5.74) is 3.13. The fourth-order valence-corrected chi connectivity index (χ4v) is 3.87. The van der Waals surface area contributed by atoms with E-state index in [0.717, 1.165) is 11.8 Å². The molecule has 0 heterocycles. The van der Waals surface area contributed by atoms with Crippen LogP contribution < -0.4 is 5.32 Å². The van der Waals surface area contributed by atoms with Gasteiger partial charge >= 0.3 is 0 Å². The van der Waals surface area contributed by atoms with E-state index in [2.05, 4.69) is 64.3 Å². The first-order valence-electron chi connectivity index (χ1n) is 8.73. The number of rotatable bonds is 4. The van der Waals surface area contributed by atoms with Crippen molar-refractivity contribution in [3.63, 3.8) is 0 Å². The first-order chi connectivity index (χ1) is 9.95. The van der Waals surface area contributed by atoms with Gasteiger partial charge in [-0.3, -0.25) is 0 Å². The Morgan fingerprint density at radius 1 is 1.14 bits per heavy atom. The Bertz CT molecular complexity index is 426. The van der Waals surface area contributed by atoms with Gasteiger partial charge in [-0.25, -0.2) is 0 Å². The number of hydrogen-bond acceptors (Lipinski definition) is 1. The predicted molar refractivity (Wildman–Crippen MR) is 92.7 cm³/mol. The third-order valence-corrected chi connectivity index (χ3v) is 5.32. The van der Waals surface area contributed by atoms with Gasteiger partial charge in [-0.05, 0) is 48.3 Å². The summed E-state index contributed by atoms with van der Waals surface area (Å²) in [6.07, 6.45) is 6.95. The number of benzene rings is 1. The van der Waals surface area contributed by atoms with E-state index in [1.165, 1.54) is 43.2 Å². The molecule has 3 atom stereocenters. The van der Waals surface area contributed by atoms with Crippen LogP contribution in [0, 0.1) is 11.8 Å². The highest BCUT2D eigenvalue weighted by Crippen LogP contribution is 2.38. The Kier molecular flexibility index (Phi) is 5.48. The summed E-state index contributed by atoms with van der Waals surface area (Å²) in [4.78, 5) is 0. The van der Waals surface area contributed by atoms with Crippen molar-refractivity contribution >= 4 is 0 Å². The zero-order chi connectivity index (χ0) is 15.5. The topological polar surface area (TPSA) is 12.0 Å². The molecule has 118 valence electrons. The van der Waals surface area contributed by atoms with Crippen LogP contribution in [0.1, 0.15) is 77.0 Å². The van der Waals surface area contributed by atoms with E-state index in [9.17, 15) is 0 Å². The summed E-state index contributed by atoms with van der Waals surface area (Å²) in [5, 5.41) is 3.59. The van der Waals surface area contributed by atoms with Crippen LogP contribution in [0.3, 0.4) is 0 Å². The zero-order valence-electron chi connectivity index (χ0n) is 14.6. The Hall–Kier alpha value is -0.820. The van der Waals surface area contributed by atoms with Crippen molar-refractivity contribution in [1.29, 1.82) is 0 Å². The minimum absolute atomic E-state index is 0.242. The van der Waals surface area contributed by atoms with Crippen molar-refractivity contribution in [2.24, 2.45) is 11.8 Å². The Morgan fingerprint density at radius 3 is 2.33 bits per heavy atom. The lowest BCUT2D eigenvalue weighted by Gasteiger charge is -2.34. The molecule has 1 N–H and O–H groups in total. The molecule has 0 saturated heterocycles. The molecule has 21 heavy (non-hydrogen) atoms. The van der Waals surface area contributed by atoms with Crippen LogP contribution in [-0.2, 0) is 5.41 Å². The third-order valence-electron chi connectivity index (χ3n) is 5.32. The SMILES string of the molecule is CCC1CCCC(C(NC)c2ccc(C(C)(C)C)cc2)C1. The molecular weight excluding hydrogens is 254 g/mol. The quantitative estimate of drug-likeness (QED) is 0.775. The third kappa shape index (κ3) is 4.10.